The smallest absolute Gasteiger partial charge is 0.228 e. The van der Waals surface area contributed by atoms with Gasteiger partial charge >= 0.3 is 0 Å². The summed E-state index contributed by atoms with van der Waals surface area (Å²) in [6.07, 6.45) is 0. The van der Waals surface area contributed by atoms with Gasteiger partial charge in [-0.25, -0.2) is 0 Å². The maximum absolute atomic E-state index is 12.2. The lowest BCUT2D eigenvalue weighted by atomic mass is 9.83. The standard InChI is InChI=1S/C18H19NO2/c1-13-17(15-8-10-16(21-2)11-9-15)19(18(13)20)12-14-6-4-3-5-7-14/h3-11,13,17H,12H2,1-2H3/t13-,17-/m0/s1. The van der Waals surface area contributed by atoms with Gasteiger partial charge in [-0.2, -0.15) is 0 Å². The number of likely N-dealkylation sites (tertiary alicyclic amines) is 1. The van der Waals surface area contributed by atoms with E-state index in [0.29, 0.717) is 6.54 Å². The zero-order valence-electron chi connectivity index (χ0n) is 12.3. The van der Waals surface area contributed by atoms with E-state index >= 15 is 0 Å². The molecule has 3 heteroatoms. The van der Waals surface area contributed by atoms with E-state index in [1.807, 2.05) is 54.3 Å². The molecule has 1 amide bonds. The van der Waals surface area contributed by atoms with Gasteiger partial charge in [0.05, 0.1) is 19.1 Å². The molecule has 0 spiro atoms. The highest BCUT2D eigenvalue weighted by Gasteiger charge is 2.44. The Kier molecular flexibility index (Phi) is 3.65. The van der Waals surface area contributed by atoms with Gasteiger partial charge in [-0.15, -0.1) is 0 Å². The minimum atomic E-state index is 0.0436. The van der Waals surface area contributed by atoms with Crippen molar-refractivity contribution in [2.45, 2.75) is 19.5 Å². The fourth-order valence-electron chi connectivity index (χ4n) is 2.95. The van der Waals surface area contributed by atoms with Crippen molar-refractivity contribution < 1.29 is 9.53 Å². The zero-order valence-corrected chi connectivity index (χ0v) is 12.3. The highest BCUT2D eigenvalue weighted by molar-refractivity contribution is 5.86. The second-order valence-corrected chi connectivity index (χ2v) is 5.46. The summed E-state index contributed by atoms with van der Waals surface area (Å²) in [5, 5.41) is 0. The third-order valence-electron chi connectivity index (χ3n) is 4.14. The van der Waals surface area contributed by atoms with Crippen LogP contribution in [0.25, 0.3) is 0 Å². The van der Waals surface area contributed by atoms with Crippen molar-refractivity contribution in [2.24, 2.45) is 5.92 Å². The van der Waals surface area contributed by atoms with Crippen LogP contribution < -0.4 is 4.74 Å². The number of hydrogen-bond donors (Lipinski definition) is 0. The lowest BCUT2D eigenvalue weighted by Gasteiger charge is -2.46. The Morgan fingerprint density at radius 3 is 2.33 bits per heavy atom. The molecule has 2 atom stereocenters. The van der Waals surface area contributed by atoms with Crippen molar-refractivity contribution >= 4 is 5.91 Å². The third kappa shape index (κ3) is 2.51. The molecule has 1 fully saturated rings. The number of nitrogens with zero attached hydrogens (tertiary/aromatic N) is 1. The highest BCUT2D eigenvalue weighted by Crippen LogP contribution is 2.41. The van der Waals surface area contributed by atoms with Crippen LogP contribution in [0.3, 0.4) is 0 Å². The van der Waals surface area contributed by atoms with Crippen molar-refractivity contribution in [3.63, 3.8) is 0 Å². The highest BCUT2D eigenvalue weighted by atomic mass is 16.5. The molecule has 3 rings (SSSR count). The largest absolute Gasteiger partial charge is 0.497 e. The molecule has 21 heavy (non-hydrogen) atoms. The summed E-state index contributed by atoms with van der Waals surface area (Å²) in [5.41, 5.74) is 2.33. The van der Waals surface area contributed by atoms with Crippen LogP contribution in [0.15, 0.2) is 54.6 Å². The van der Waals surface area contributed by atoms with E-state index < -0.39 is 0 Å². The van der Waals surface area contributed by atoms with E-state index in [9.17, 15) is 4.79 Å². The monoisotopic (exact) mass is 281 g/mol. The molecule has 0 saturated carbocycles. The van der Waals surface area contributed by atoms with Gasteiger partial charge in [-0.1, -0.05) is 49.4 Å². The van der Waals surface area contributed by atoms with Crippen LogP contribution in [0, 0.1) is 5.92 Å². The van der Waals surface area contributed by atoms with Gasteiger partial charge in [0.25, 0.3) is 0 Å². The summed E-state index contributed by atoms with van der Waals surface area (Å²) in [6.45, 7) is 2.67. The van der Waals surface area contributed by atoms with Crippen LogP contribution in [-0.2, 0) is 11.3 Å². The Bertz CT molecular complexity index is 621. The first-order valence-electron chi connectivity index (χ1n) is 7.19. The molecule has 0 N–H and O–H groups in total. The summed E-state index contributed by atoms with van der Waals surface area (Å²) >= 11 is 0. The number of β-lactam (4-membered cyclic amide) rings is 1. The molecule has 0 unspecified atom stereocenters. The predicted molar refractivity (Wildman–Crippen MR) is 81.9 cm³/mol. The maximum atomic E-state index is 12.2. The van der Waals surface area contributed by atoms with Crippen LogP contribution in [0.5, 0.6) is 5.75 Å². The average Bonchev–Trinajstić information content (AvgIpc) is 2.55. The summed E-state index contributed by atoms with van der Waals surface area (Å²) in [4.78, 5) is 14.1. The van der Waals surface area contributed by atoms with Gasteiger partial charge in [-0.05, 0) is 23.3 Å². The summed E-state index contributed by atoms with van der Waals surface area (Å²) < 4.78 is 5.19. The van der Waals surface area contributed by atoms with Crippen LogP contribution in [-0.4, -0.2) is 17.9 Å². The topological polar surface area (TPSA) is 29.5 Å². The third-order valence-corrected chi connectivity index (χ3v) is 4.14. The number of amides is 1. The number of ether oxygens (including phenoxy) is 1. The van der Waals surface area contributed by atoms with E-state index in [1.54, 1.807) is 7.11 Å². The predicted octanol–water partition coefficient (Wildman–Crippen LogP) is 3.41. The molecule has 0 aliphatic carbocycles. The molecule has 3 nitrogen and oxygen atoms in total. The Hall–Kier alpha value is -2.29. The Balaban J connectivity index is 1.80. The molecule has 2 aromatic carbocycles. The number of carbonyl (C=O) groups excluding carboxylic acids is 1. The molecule has 1 saturated heterocycles. The number of carbonyl (C=O) groups is 1. The molecule has 0 radical (unpaired) electrons. The van der Waals surface area contributed by atoms with Crippen LogP contribution in [0.2, 0.25) is 0 Å². The fraction of sp³-hybridized carbons (Fsp3) is 0.278. The summed E-state index contributed by atoms with van der Waals surface area (Å²) in [5.74, 6) is 1.11. The lowest BCUT2D eigenvalue weighted by molar-refractivity contribution is -0.156. The Morgan fingerprint density at radius 2 is 1.71 bits per heavy atom. The zero-order chi connectivity index (χ0) is 14.8. The van der Waals surface area contributed by atoms with Gasteiger partial charge in [0.2, 0.25) is 5.91 Å². The molecular formula is C18H19NO2. The van der Waals surface area contributed by atoms with Gasteiger partial charge in [0.1, 0.15) is 5.75 Å². The number of hydrogen-bond acceptors (Lipinski definition) is 2. The van der Waals surface area contributed by atoms with E-state index in [2.05, 4.69) is 12.1 Å². The molecule has 1 aliphatic heterocycles. The van der Waals surface area contributed by atoms with E-state index in [0.717, 1.165) is 11.3 Å². The van der Waals surface area contributed by atoms with Crippen molar-refractivity contribution in [2.75, 3.05) is 7.11 Å². The summed E-state index contributed by atoms with van der Waals surface area (Å²) in [6, 6.07) is 18.3. The molecule has 1 aliphatic rings. The molecule has 2 aromatic rings. The average molecular weight is 281 g/mol. The van der Waals surface area contributed by atoms with Crippen molar-refractivity contribution in [1.82, 2.24) is 4.90 Å². The van der Waals surface area contributed by atoms with Crippen LogP contribution >= 0.6 is 0 Å². The number of benzene rings is 2. The van der Waals surface area contributed by atoms with E-state index in [-0.39, 0.29) is 17.9 Å². The minimum absolute atomic E-state index is 0.0436. The van der Waals surface area contributed by atoms with Gasteiger partial charge in [0, 0.05) is 6.54 Å². The lowest BCUT2D eigenvalue weighted by Crippen LogP contribution is -2.52. The molecule has 1 heterocycles. The van der Waals surface area contributed by atoms with E-state index in [4.69, 9.17) is 4.74 Å². The van der Waals surface area contributed by atoms with Crippen molar-refractivity contribution in [3.05, 3.63) is 65.7 Å². The molecular weight excluding hydrogens is 262 g/mol. The SMILES string of the molecule is COc1ccc([C@@H]2[C@H](C)C(=O)N2Cc2ccccc2)cc1. The molecule has 108 valence electrons. The van der Waals surface area contributed by atoms with Gasteiger partial charge in [-0.3, -0.25) is 4.79 Å². The maximum Gasteiger partial charge on any atom is 0.228 e. The Morgan fingerprint density at radius 1 is 1.05 bits per heavy atom. The molecule has 0 bridgehead atoms. The minimum Gasteiger partial charge on any atom is -0.497 e. The van der Waals surface area contributed by atoms with Crippen LogP contribution in [0.1, 0.15) is 24.1 Å². The van der Waals surface area contributed by atoms with Crippen molar-refractivity contribution in [1.29, 1.82) is 0 Å². The van der Waals surface area contributed by atoms with Gasteiger partial charge < -0.3 is 9.64 Å². The van der Waals surface area contributed by atoms with Crippen LogP contribution in [0.4, 0.5) is 0 Å². The van der Waals surface area contributed by atoms with Crippen molar-refractivity contribution in [3.8, 4) is 5.75 Å². The molecule has 0 aromatic heterocycles. The van der Waals surface area contributed by atoms with Gasteiger partial charge in [0.15, 0.2) is 0 Å². The second kappa shape index (κ2) is 5.60. The normalized spacial score (nSPS) is 21.0. The Labute approximate surface area is 125 Å². The summed E-state index contributed by atoms with van der Waals surface area (Å²) in [7, 11) is 1.66. The number of methoxy groups -OCH3 is 1. The quantitative estimate of drug-likeness (QED) is 0.804. The second-order valence-electron chi connectivity index (χ2n) is 5.46. The number of rotatable bonds is 4. The fourth-order valence-corrected chi connectivity index (χ4v) is 2.95. The first-order chi connectivity index (χ1) is 10.2. The first kappa shape index (κ1) is 13.7. The van der Waals surface area contributed by atoms with E-state index in [1.165, 1.54) is 5.56 Å². The first-order valence-corrected chi connectivity index (χ1v) is 7.19.